The molecule has 50 heavy (non-hydrogen) atoms. The molecule has 0 bridgehead atoms. The quantitative estimate of drug-likeness (QED) is 0.161. The number of amides is 1. The fourth-order valence-corrected chi connectivity index (χ4v) is 5.97. The lowest BCUT2D eigenvalue weighted by Gasteiger charge is -2.30. The summed E-state index contributed by atoms with van der Waals surface area (Å²) in [6.45, 7) is 29.9. The van der Waals surface area contributed by atoms with Gasteiger partial charge in [0.2, 0.25) is 0 Å². The van der Waals surface area contributed by atoms with E-state index in [9.17, 15) is 24.6 Å². The molecule has 3 aromatic rings. The first-order chi connectivity index (χ1) is 22.6. The van der Waals surface area contributed by atoms with Crippen molar-refractivity contribution in [2.75, 3.05) is 5.32 Å². The van der Waals surface area contributed by atoms with E-state index < -0.39 is 39.5 Å². The third-order valence-corrected chi connectivity index (χ3v) is 9.00. The maximum Gasteiger partial charge on any atom is 0.343 e. The number of carboxylic acids is 1. The van der Waals surface area contributed by atoms with Crippen molar-refractivity contribution in [3.63, 3.8) is 0 Å². The molecular weight excluding hydrogens is 626 g/mol. The lowest BCUT2D eigenvalue weighted by atomic mass is 9.78. The largest absolute Gasteiger partial charge is 0.507 e. The van der Waals surface area contributed by atoms with Crippen LogP contribution in [0.15, 0.2) is 42.5 Å². The SMILES string of the molecule is CC(C)Cc1ccc(C(C)C(=O)O)cc1NC(=O)c1cc(C(C)(C)C)c(OC(=O)c2cc(C(C)(C)C)c(O)c(C(C)(C)C)c2)c(C(C)(C)C)c1. The summed E-state index contributed by atoms with van der Waals surface area (Å²) < 4.78 is 6.36. The first kappa shape index (κ1) is 40.3. The molecule has 0 radical (unpaired) electrons. The first-order valence-electron chi connectivity index (χ1n) is 17.6. The summed E-state index contributed by atoms with van der Waals surface area (Å²) in [5, 5.41) is 24.0. The first-order valence-corrected chi connectivity index (χ1v) is 17.6. The zero-order valence-electron chi connectivity index (χ0n) is 32.9. The number of nitrogens with one attached hydrogen (secondary N) is 1. The van der Waals surface area contributed by atoms with Gasteiger partial charge in [-0.3, -0.25) is 9.59 Å². The second kappa shape index (κ2) is 14.2. The molecule has 0 aromatic heterocycles. The Morgan fingerprint density at radius 3 is 1.52 bits per heavy atom. The highest BCUT2D eigenvalue weighted by molar-refractivity contribution is 6.05. The van der Waals surface area contributed by atoms with Crippen LogP contribution < -0.4 is 10.1 Å². The summed E-state index contributed by atoms with van der Waals surface area (Å²) in [6.07, 6.45) is 0.706. The molecule has 0 aliphatic rings. The molecule has 0 aliphatic carbocycles. The van der Waals surface area contributed by atoms with Gasteiger partial charge in [-0.2, -0.15) is 0 Å². The summed E-state index contributed by atoms with van der Waals surface area (Å²) >= 11 is 0. The Morgan fingerprint density at radius 1 is 0.680 bits per heavy atom. The van der Waals surface area contributed by atoms with Gasteiger partial charge < -0.3 is 20.3 Å². The number of carboxylic acid groups (broad SMARTS) is 1. The van der Waals surface area contributed by atoms with Gasteiger partial charge >= 0.3 is 11.9 Å². The summed E-state index contributed by atoms with van der Waals surface area (Å²) in [5.41, 5.74) is 3.67. The Morgan fingerprint density at radius 2 is 1.12 bits per heavy atom. The zero-order chi connectivity index (χ0) is 38.3. The number of aliphatic carboxylic acids is 1. The number of esters is 1. The monoisotopic (exact) mass is 685 g/mol. The van der Waals surface area contributed by atoms with E-state index in [1.807, 2.05) is 95.2 Å². The van der Waals surface area contributed by atoms with Crippen LogP contribution in [0.2, 0.25) is 0 Å². The molecule has 1 amide bonds. The highest BCUT2D eigenvalue weighted by Crippen LogP contribution is 2.43. The number of carbonyl (C=O) groups excluding carboxylic acids is 2. The van der Waals surface area contributed by atoms with Crippen molar-refractivity contribution in [2.24, 2.45) is 5.92 Å². The van der Waals surface area contributed by atoms with E-state index >= 15 is 0 Å². The van der Waals surface area contributed by atoms with Crippen molar-refractivity contribution in [2.45, 2.75) is 138 Å². The van der Waals surface area contributed by atoms with Crippen molar-refractivity contribution in [3.05, 3.63) is 87.0 Å². The minimum atomic E-state index is -0.940. The zero-order valence-corrected chi connectivity index (χ0v) is 32.9. The Balaban J connectivity index is 2.22. The number of carbonyl (C=O) groups is 3. The molecule has 0 spiro atoms. The van der Waals surface area contributed by atoms with Crippen LogP contribution in [-0.4, -0.2) is 28.1 Å². The van der Waals surface area contributed by atoms with Gasteiger partial charge in [0.25, 0.3) is 5.91 Å². The number of ether oxygens (including phenoxy) is 1. The van der Waals surface area contributed by atoms with E-state index in [-0.39, 0.29) is 11.7 Å². The van der Waals surface area contributed by atoms with Gasteiger partial charge in [0.1, 0.15) is 11.5 Å². The Bertz CT molecular complexity index is 1700. The summed E-state index contributed by atoms with van der Waals surface area (Å²) in [4.78, 5) is 40.0. The van der Waals surface area contributed by atoms with Crippen molar-refractivity contribution < 1.29 is 29.3 Å². The van der Waals surface area contributed by atoms with E-state index in [1.165, 1.54) is 0 Å². The number of hydrogen-bond donors (Lipinski definition) is 3. The molecule has 0 saturated carbocycles. The van der Waals surface area contributed by atoms with Crippen molar-refractivity contribution in [3.8, 4) is 11.5 Å². The average Bonchev–Trinajstić information content (AvgIpc) is 2.94. The summed E-state index contributed by atoms with van der Waals surface area (Å²) in [5.74, 6) is -1.65. The van der Waals surface area contributed by atoms with E-state index in [1.54, 1.807) is 37.3 Å². The number of phenols is 1. The van der Waals surface area contributed by atoms with Gasteiger partial charge in [0.05, 0.1) is 11.5 Å². The van der Waals surface area contributed by atoms with Gasteiger partial charge in [0, 0.05) is 33.5 Å². The van der Waals surface area contributed by atoms with Crippen molar-refractivity contribution in [1.82, 2.24) is 0 Å². The number of benzene rings is 3. The molecule has 272 valence electrons. The molecule has 7 nitrogen and oxygen atoms in total. The van der Waals surface area contributed by atoms with Gasteiger partial charge in [-0.1, -0.05) is 109 Å². The van der Waals surface area contributed by atoms with Gasteiger partial charge in [-0.05, 0) is 82.4 Å². The van der Waals surface area contributed by atoms with E-state index in [0.29, 0.717) is 62.7 Å². The predicted molar refractivity (Wildman–Crippen MR) is 203 cm³/mol. The maximum atomic E-state index is 14.1. The Kier molecular flexibility index (Phi) is 11.5. The topological polar surface area (TPSA) is 113 Å². The fourth-order valence-electron chi connectivity index (χ4n) is 5.97. The van der Waals surface area contributed by atoms with Crippen LogP contribution in [-0.2, 0) is 32.9 Å². The fraction of sp³-hybridized carbons (Fsp3) is 0.512. The van der Waals surface area contributed by atoms with Crippen LogP contribution in [0.1, 0.15) is 164 Å². The number of aromatic hydroxyl groups is 1. The van der Waals surface area contributed by atoms with Crippen LogP contribution in [0.4, 0.5) is 5.69 Å². The Labute approximate surface area is 299 Å². The van der Waals surface area contributed by atoms with E-state index in [2.05, 4.69) is 19.2 Å². The minimum Gasteiger partial charge on any atom is -0.507 e. The molecule has 7 heteroatoms. The van der Waals surface area contributed by atoms with Crippen molar-refractivity contribution in [1.29, 1.82) is 0 Å². The standard InChI is InChI=1S/C43H59NO6/c1-24(2)18-27-17-16-26(25(3)38(47)48)23-34(27)44-37(46)28-19-32(42(10,11)12)36(33(20-28)43(13,14)15)50-39(49)29-21-30(40(4,5)6)35(45)31(22-29)41(7,8)9/h16-17,19-25,45H,18H2,1-15H3,(H,44,46)(H,47,48). The van der Waals surface area contributed by atoms with Crippen LogP contribution in [0.5, 0.6) is 11.5 Å². The van der Waals surface area contributed by atoms with Crippen LogP contribution >= 0.6 is 0 Å². The molecule has 0 fully saturated rings. The molecule has 3 rings (SSSR count). The maximum absolute atomic E-state index is 14.1. The number of anilines is 1. The molecule has 1 atom stereocenters. The lowest BCUT2D eigenvalue weighted by molar-refractivity contribution is -0.138. The second-order valence-electron chi connectivity index (χ2n) is 18.2. The number of phenolic OH excluding ortho intramolecular Hbond substituents is 1. The van der Waals surface area contributed by atoms with Crippen molar-refractivity contribution >= 4 is 23.5 Å². The second-order valence-corrected chi connectivity index (χ2v) is 18.2. The predicted octanol–water partition coefficient (Wildman–Crippen LogP) is 10.4. The van der Waals surface area contributed by atoms with Gasteiger partial charge in [-0.25, -0.2) is 4.79 Å². The lowest BCUT2D eigenvalue weighted by Crippen LogP contribution is -2.25. The minimum absolute atomic E-state index is 0.183. The summed E-state index contributed by atoms with van der Waals surface area (Å²) in [7, 11) is 0. The third kappa shape index (κ3) is 9.35. The molecular formula is C43H59NO6. The molecule has 0 saturated heterocycles. The van der Waals surface area contributed by atoms with Crippen LogP contribution in [0.25, 0.3) is 0 Å². The van der Waals surface area contributed by atoms with Gasteiger partial charge in [-0.15, -0.1) is 0 Å². The summed E-state index contributed by atoms with van der Waals surface area (Å²) in [6, 6.07) is 12.5. The normalized spacial score (nSPS) is 13.3. The molecule has 0 heterocycles. The number of hydrogen-bond acceptors (Lipinski definition) is 5. The van der Waals surface area contributed by atoms with Gasteiger partial charge in [0.15, 0.2) is 0 Å². The molecule has 1 unspecified atom stereocenters. The van der Waals surface area contributed by atoms with Crippen LogP contribution in [0, 0.1) is 5.92 Å². The average molecular weight is 686 g/mol. The molecule has 0 aliphatic heterocycles. The number of rotatable bonds is 8. The van der Waals surface area contributed by atoms with E-state index in [0.717, 1.165) is 5.56 Å². The Hall–Kier alpha value is -4.13. The molecule has 3 N–H and O–H groups in total. The van der Waals surface area contributed by atoms with E-state index in [4.69, 9.17) is 4.74 Å². The third-order valence-electron chi connectivity index (χ3n) is 9.00. The van der Waals surface area contributed by atoms with Crippen LogP contribution in [0.3, 0.4) is 0 Å². The smallest absolute Gasteiger partial charge is 0.343 e. The molecule has 3 aromatic carbocycles. The highest BCUT2D eigenvalue weighted by Gasteiger charge is 2.33. The highest BCUT2D eigenvalue weighted by atomic mass is 16.5.